The van der Waals surface area contributed by atoms with E-state index in [0.717, 1.165) is 0 Å². The summed E-state index contributed by atoms with van der Waals surface area (Å²) in [4.78, 5) is 0. The van der Waals surface area contributed by atoms with Crippen molar-refractivity contribution in [2.45, 2.75) is 26.1 Å². The molecule has 0 aromatic heterocycles. The highest BCUT2D eigenvalue weighted by molar-refractivity contribution is 4.53. The fourth-order valence-corrected chi connectivity index (χ4v) is 0.197. The summed E-state index contributed by atoms with van der Waals surface area (Å²) in [6.07, 6.45) is -0.398. The summed E-state index contributed by atoms with van der Waals surface area (Å²) in [5.74, 6) is 0. The van der Waals surface area contributed by atoms with Crippen molar-refractivity contribution in [1.29, 1.82) is 0 Å². The monoisotopic (exact) mass is 104 g/mol. The highest BCUT2D eigenvalue weighted by Gasteiger charge is 2.03. The largest absolute Gasteiger partial charge is 0.391 e. The fraction of sp³-hybridized carbons (Fsp3) is 1.00. The molecule has 0 fully saturated rings. The minimum Gasteiger partial charge on any atom is -0.391 e. The molecular weight excluding hydrogens is 92.1 g/mol. The van der Waals surface area contributed by atoms with Crippen molar-refractivity contribution in [3.05, 3.63) is 0 Å². The van der Waals surface area contributed by atoms with Gasteiger partial charge < -0.3 is 9.84 Å². The Bertz CT molecular complexity index is 43.3. The van der Waals surface area contributed by atoms with Crippen molar-refractivity contribution in [1.82, 2.24) is 0 Å². The summed E-state index contributed by atoms with van der Waals surface area (Å²) in [6.45, 7) is 3.53. The number of hydrogen-bond acceptors (Lipinski definition) is 2. The Kier molecular flexibility index (Phi) is 2.96. The molecule has 0 bridgehead atoms. The summed E-state index contributed by atoms with van der Waals surface area (Å²) in [7, 11) is 1.58. The molecule has 0 aromatic rings. The number of ether oxygens (including phenoxy) is 1. The topological polar surface area (TPSA) is 29.5 Å². The van der Waals surface area contributed by atoms with Crippen LogP contribution in [0.4, 0.5) is 0 Å². The Labute approximate surface area is 44.1 Å². The van der Waals surface area contributed by atoms with Gasteiger partial charge in [0.15, 0.2) is 0 Å². The Hall–Kier alpha value is -0.0800. The molecule has 0 aliphatic heterocycles. The predicted octanol–water partition coefficient (Wildman–Crippen LogP) is 0.402. The molecule has 0 heterocycles. The first kappa shape index (κ1) is 6.92. The minimum atomic E-state index is -0.356. The second-order valence-electron chi connectivity index (χ2n) is 1.68. The molecule has 0 aromatic carbocycles. The van der Waals surface area contributed by atoms with E-state index in [0.29, 0.717) is 0 Å². The van der Waals surface area contributed by atoms with Crippen LogP contribution in [-0.2, 0) is 4.74 Å². The summed E-state index contributed by atoms with van der Waals surface area (Å²) in [5.41, 5.74) is 0. The second-order valence-corrected chi connectivity index (χ2v) is 1.68. The molecule has 2 nitrogen and oxygen atoms in total. The lowest BCUT2D eigenvalue weighted by Crippen LogP contribution is -2.20. The maximum Gasteiger partial charge on any atom is 0.0799 e. The van der Waals surface area contributed by atoms with Crippen molar-refractivity contribution < 1.29 is 9.84 Å². The van der Waals surface area contributed by atoms with Gasteiger partial charge in [-0.25, -0.2) is 0 Å². The van der Waals surface area contributed by atoms with E-state index in [2.05, 4.69) is 0 Å². The number of hydrogen-bond donors (Lipinski definition) is 1. The molecule has 2 heteroatoms. The van der Waals surface area contributed by atoms with Crippen LogP contribution in [0.15, 0.2) is 0 Å². The van der Waals surface area contributed by atoms with Crippen LogP contribution in [0, 0.1) is 0 Å². The minimum absolute atomic E-state index is 0.0417. The highest BCUT2D eigenvalue weighted by atomic mass is 16.5. The van der Waals surface area contributed by atoms with Crippen LogP contribution in [0.3, 0.4) is 0 Å². The number of aliphatic hydroxyl groups is 1. The van der Waals surface area contributed by atoms with Gasteiger partial charge in [0.2, 0.25) is 0 Å². The number of rotatable bonds is 2. The Morgan fingerprint density at radius 2 is 1.86 bits per heavy atom. The molecule has 0 amide bonds. The van der Waals surface area contributed by atoms with Crippen LogP contribution in [0.5, 0.6) is 0 Å². The fourth-order valence-electron chi connectivity index (χ4n) is 0.197. The van der Waals surface area contributed by atoms with Crippen LogP contribution < -0.4 is 0 Å². The second kappa shape index (κ2) is 2.99. The molecule has 0 radical (unpaired) electrons. The van der Waals surface area contributed by atoms with E-state index < -0.39 is 0 Å². The van der Waals surface area contributed by atoms with E-state index in [1.165, 1.54) is 0 Å². The van der Waals surface area contributed by atoms with E-state index in [1.54, 1.807) is 14.0 Å². The normalized spacial score (nSPS) is 18.9. The quantitative estimate of drug-likeness (QED) is 0.549. The Balaban J connectivity index is 3.14. The van der Waals surface area contributed by atoms with Gasteiger partial charge in [-0.2, -0.15) is 0 Å². The highest BCUT2D eigenvalue weighted by Crippen LogP contribution is 1.92. The van der Waals surface area contributed by atoms with Gasteiger partial charge in [-0.3, -0.25) is 0 Å². The zero-order valence-electron chi connectivity index (χ0n) is 5.01. The molecule has 0 saturated carbocycles. The van der Waals surface area contributed by atoms with Crippen molar-refractivity contribution >= 4 is 0 Å². The van der Waals surface area contributed by atoms with Crippen LogP contribution in [-0.4, -0.2) is 24.4 Å². The van der Waals surface area contributed by atoms with Crippen LogP contribution >= 0.6 is 0 Å². The van der Waals surface area contributed by atoms with Crippen LogP contribution in [0.2, 0.25) is 0 Å². The summed E-state index contributed by atoms with van der Waals surface area (Å²) < 4.78 is 4.76. The molecule has 0 rings (SSSR count). The van der Waals surface area contributed by atoms with Crippen molar-refractivity contribution in [3.8, 4) is 0 Å². The molecule has 0 spiro atoms. The predicted molar refractivity (Wildman–Crippen MR) is 28.2 cm³/mol. The third-order valence-corrected chi connectivity index (χ3v) is 1.05. The molecule has 0 unspecified atom stereocenters. The first-order valence-electron chi connectivity index (χ1n) is 2.39. The lowest BCUT2D eigenvalue weighted by atomic mass is 10.3. The van der Waals surface area contributed by atoms with Crippen molar-refractivity contribution in [2.75, 3.05) is 7.11 Å². The van der Waals surface area contributed by atoms with Crippen LogP contribution in [0.1, 0.15) is 13.8 Å². The van der Waals surface area contributed by atoms with Crippen LogP contribution in [0.25, 0.3) is 0 Å². The number of methoxy groups -OCH3 is 1. The number of aliphatic hydroxyl groups excluding tert-OH is 1. The van der Waals surface area contributed by atoms with Gasteiger partial charge in [0.25, 0.3) is 0 Å². The maximum absolute atomic E-state index is 8.70. The lowest BCUT2D eigenvalue weighted by molar-refractivity contribution is 0.00997. The summed E-state index contributed by atoms with van der Waals surface area (Å²) in [5, 5.41) is 8.70. The standard InChI is InChI=1S/C5H12O2/c1-4(6)5(2)7-3/h4-6H,1-3H3/t4-,5+/m1/s1. The van der Waals surface area contributed by atoms with E-state index >= 15 is 0 Å². The zero-order chi connectivity index (χ0) is 5.86. The van der Waals surface area contributed by atoms with Gasteiger partial charge in [-0.15, -0.1) is 0 Å². The summed E-state index contributed by atoms with van der Waals surface area (Å²) in [6, 6.07) is 0. The molecule has 2 atom stereocenters. The molecule has 1 N–H and O–H groups in total. The molecule has 44 valence electrons. The maximum atomic E-state index is 8.70. The van der Waals surface area contributed by atoms with Gasteiger partial charge >= 0.3 is 0 Å². The third-order valence-electron chi connectivity index (χ3n) is 1.05. The first-order valence-corrected chi connectivity index (χ1v) is 2.39. The van der Waals surface area contributed by atoms with Gasteiger partial charge in [-0.1, -0.05) is 0 Å². The van der Waals surface area contributed by atoms with E-state index in [-0.39, 0.29) is 12.2 Å². The van der Waals surface area contributed by atoms with E-state index in [1.807, 2.05) is 6.92 Å². The zero-order valence-corrected chi connectivity index (χ0v) is 5.01. The smallest absolute Gasteiger partial charge is 0.0799 e. The summed E-state index contributed by atoms with van der Waals surface area (Å²) >= 11 is 0. The first-order chi connectivity index (χ1) is 3.18. The molecule has 0 aliphatic rings. The lowest BCUT2D eigenvalue weighted by Gasteiger charge is -2.10. The van der Waals surface area contributed by atoms with Gasteiger partial charge in [0.05, 0.1) is 12.2 Å². The molecule has 0 aliphatic carbocycles. The average molecular weight is 104 g/mol. The molecule has 0 saturated heterocycles. The van der Waals surface area contributed by atoms with E-state index in [9.17, 15) is 0 Å². The molecular formula is C5H12O2. The SMILES string of the molecule is CO[C@@H](C)[C@@H](C)O. The van der Waals surface area contributed by atoms with Gasteiger partial charge in [0, 0.05) is 7.11 Å². The average Bonchev–Trinajstić information content (AvgIpc) is 1.65. The Morgan fingerprint density at radius 3 is 1.86 bits per heavy atom. The third kappa shape index (κ3) is 2.60. The van der Waals surface area contributed by atoms with Crippen molar-refractivity contribution in [3.63, 3.8) is 0 Å². The van der Waals surface area contributed by atoms with Gasteiger partial charge in [-0.05, 0) is 13.8 Å². The molecule has 7 heavy (non-hydrogen) atoms. The van der Waals surface area contributed by atoms with Gasteiger partial charge in [0.1, 0.15) is 0 Å². The Morgan fingerprint density at radius 1 is 1.43 bits per heavy atom. The van der Waals surface area contributed by atoms with E-state index in [4.69, 9.17) is 9.84 Å². The van der Waals surface area contributed by atoms with Crippen molar-refractivity contribution in [2.24, 2.45) is 0 Å².